The van der Waals surface area contributed by atoms with Crippen molar-refractivity contribution in [1.29, 1.82) is 0 Å². The van der Waals surface area contributed by atoms with Crippen LogP contribution in [0.15, 0.2) is 34.2 Å². The monoisotopic (exact) mass is 508 g/mol. The van der Waals surface area contributed by atoms with Crippen LogP contribution in [0.5, 0.6) is 0 Å². The number of piperidine rings is 1. The molecule has 2 rings (SSSR count). The summed E-state index contributed by atoms with van der Waals surface area (Å²) in [6.45, 7) is 4.69. The number of nitrogens with one attached hydrogen (secondary N) is 2. The highest BCUT2D eigenvalue weighted by Gasteiger charge is 2.27. The van der Waals surface area contributed by atoms with Crippen molar-refractivity contribution in [3.05, 3.63) is 29.8 Å². The SMILES string of the molecule is CCCCCNC(=NC)NCc1ccccc1S(=O)(=O)N1CCCCC1.I. The molecule has 0 saturated carbocycles. The molecule has 27 heavy (non-hydrogen) atoms. The molecule has 0 bridgehead atoms. The molecular formula is C19H33IN4O2S. The lowest BCUT2D eigenvalue weighted by molar-refractivity contribution is 0.346. The third-order valence-corrected chi connectivity index (χ3v) is 6.65. The smallest absolute Gasteiger partial charge is 0.243 e. The van der Waals surface area contributed by atoms with Gasteiger partial charge in [-0.25, -0.2) is 8.42 Å². The predicted molar refractivity (Wildman–Crippen MR) is 122 cm³/mol. The minimum absolute atomic E-state index is 0. The number of hydrogen-bond acceptors (Lipinski definition) is 3. The summed E-state index contributed by atoms with van der Waals surface area (Å²) >= 11 is 0. The Kier molecular flexibility index (Phi) is 11.2. The van der Waals surface area contributed by atoms with Crippen LogP contribution in [0.4, 0.5) is 0 Å². The zero-order valence-electron chi connectivity index (χ0n) is 16.4. The van der Waals surface area contributed by atoms with Crippen LogP contribution < -0.4 is 10.6 Å². The van der Waals surface area contributed by atoms with Gasteiger partial charge in [0.15, 0.2) is 5.96 Å². The van der Waals surface area contributed by atoms with E-state index in [4.69, 9.17) is 0 Å². The van der Waals surface area contributed by atoms with Crippen LogP contribution in [-0.4, -0.2) is 45.4 Å². The molecule has 6 nitrogen and oxygen atoms in total. The molecule has 0 aromatic heterocycles. The third-order valence-electron chi connectivity index (χ3n) is 4.65. The van der Waals surface area contributed by atoms with Crippen molar-refractivity contribution >= 4 is 40.0 Å². The van der Waals surface area contributed by atoms with Crippen LogP contribution in [0.25, 0.3) is 0 Å². The summed E-state index contributed by atoms with van der Waals surface area (Å²) in [5.74, 6) is 0.700. The molecule has 1 aromatic rings. The average molecular weight is 508 g/mol. The second-order valence-electron chi connectivity index (χ2n) is 6.63. The van der Waals surface area contributed by atoms with Gasteiger partial charge in [0.25, 0.3) is 0 Å². The summed E-state index contributed by atoms with van der Waals surface area (Å²) < 4.78 is 27.7. The highest BCUT2D eigenvalue weighted by atomic mass is 127. The van der Waals surface area contributed by atoms with Gasteiger partial charge in [0.1, 0.15) is 0 Å². The molecule has 154 valence electrons. The maximum absolute atomic E-state index is 13.0. The van der Waals surface area contributed by atoms with Crippen LogP contribution >= 0.6 is 24.0 Å². The molecule has 1 aliphatic rings. The molecule has 2 N–H and O–H groups in total. The van der Waals surface area contributed by atoms with Gasteiger partial charge in [0, 0.05) is 33.2 Å². The largest absolute Gasteiger partial charge is 0.356 e. The predicted octanol–water partition coefficient (Wildman–Crippen LogP) is 3.33. The number of benzene rings is 1. The Morgan fingerprint density at radius 1 is 1.11 bits per heavy atom. The van der Waals surface area contributed by atoms with Gasteiger partial charge in [-0.2, -0.15) is 4.31 Å². The zero-order valence-corrected chi connectivity index (χ0v) is 19.6. The van der Waals surface area contributed by atoms with E-state index in [2.05, 4.69) is 22.5 Å². The molecular weight excluding hydrogens is 475 g/mol. The minimum atomic E-state index is -3.44. The van der Waals surface area contributed by atoms with E-state index in [9.17, 15) is 8.42 Å². The first-order valence-corrected chi connectivity index (χ1v) is 11.1. The summed E-state index contributed by atoms with van der Waals surface area (Å²) in [5.41, 5.74) is 0.773. The Hall–Kier alpha value is -0.870. The second kappa shape index (κ2) is 12.6. The Bertz CT molecular complexity index is 689. The fourth-order valence-electron chi connectivity index (χ4n) is 3.13. The van der Waals surface area contributed by atoms with E-state index in [0.29, 0.717) is 30.5 Å². The van der Waals surface area contributed by atoms with E-state index in [1.54, 1.807) is 23.5 Å². The van der Waals surface area contributed by atoms with E-state index in [1.807, 2.05) is 12.1 Å². The molecule has 0 radical (unpaired) electrons. The maximum Gasteiger partial charge on any atom is 0.243 e. The number of guanidine groups is 1. The van der Waals surface area contributed by atoms with Crippen molar-refractivity contribution in [3.8, 4) is 0 Å². The van der Waals surface area contributed by atoms with Crippen LogP contribution in [-0.2, 0) is 16.6 Å². The van der Waals surface area contributed by atoms with E-state index < -0.39 is 10.0 Å². The fourth-order valence-corrected chi connectivity index (χ4v) is 4.87. The van der Waals surface area contributed by atoms with Crippen molar-refractivity contribution < 1.29 is 8.42 Å². The van der Waals surface area contributed by atoms with Crippen molar-refractivity contribution in [3.63, 3.8) is 0 Å². The minimum Gasteiger partial charge on any atom is -0.356 e. The summed E-state index contributed by atoms with van der Waals surface area (Å²) in [6, 6.07) is 7.24. The summed E-state index contributed by atoms with van der Waals surface area (Å²) in [7, 11) is -1.71. The van der Waals surface area contributed by atoms with Crippen molar-refractivity contribution in [2.24, 2.45) is 4.99 Å². The highest BCUT2D eigenvalue weighted by Crippen LogP contribution is 2.23. The molecule has 1 saturated heterocycles. The molecule has 0 atom stereocenters. The van der Waals surface area contributed by atoms with Gasteiger partial charge in [-0.15, -0.1) is 24.0 Å². The van der Waals surface area contributed by atoms with Gasteiger partial charge in [-0.3, -0.25) is 4.99 Å². The quantitative estimate of drug-likeness (QED) is 0.245. The van der Waals surface area contributed by atoms with Gasteiger partial charge in [0.05, 0.1) is 4.90 Å². The Morgan fingerprint density at radius 3 is 2.48 bits per heavy atom. The number of hydrogen-bond donors (Lipinski definition) is 2. The zero-order chi connectivity index (χ0) is 18.8. The van der Waals surface area contributed by atoms with Gasteiger partial charge in [-0.05, 0) is 30.9 Å². The van der Waals surface area contributed by atoms with Crippen molar-refractivity contribution in [2.45, 2.75) is 56.9 Å². The van der Waals surface area contributed by atoms with Gasteiger partial charge in [0.2, 0.25) is 10.0 Å². The van der Waals surface area contributed by atoms with Crippen LogP contribution in [0, 0.1) is 0 Å². The van der Waals surface area contributed by atoms with Crippen molar-refractivity contribution in [1.82, 2.24) is 14.9 Å². The van der Waals surface area contributed by atoms with E-state index in [-0.39, 0.29) is 24.0 Å². The maximum atomic E-state index is 13.0. The summed E-state index contributed by atoms with van der Waals surface area (Å²) in [5, 5.41) is 6.51. The van der Waals surface area contributed by atoms with Gasteiger partial charge < -0.3 is 10.6 Å². The Morgan fingerprint density at radius 2 is 1.81 bits per heavy atom. The topological polar surface area (TPSA) is 73.8 Å². The lowest BCUT2D eigenvalue weighted by atomic mass is 10.2. The summed E-state index contributed by atoms with van der Waals surface area (Å²) in [4.78, 5) is 4.62. The number of aliphatic imine (C=N–C) groups is 1. The molecule has 1 heterocycles. The Balaban J connectivity index is 0.00000364. The number of nitrogens with zero attached hydrogens (tertiary/aromatic N) is 2. The number of sulfonamides is 1. The second-order valence-corrected chi connectivity index (χ2v) is 8.54. The van der Waals surface area contributed by atoms with Crippen LogP contribution in [0.3, 0.4) is 0 Å². The lowest BCUT2D eigenvalue weighted by Crippen LogP contribution is -2.38. The number of rotatable bonds is 8. The van der Waals surface area contributed by atoms with Crippen molar-refractivity contribution in [2.75, 3.05) is 26.7 Å². The third kappa shape index (κ3) is 7.23. The lowest BCUT2D eigenvalue weighted by Gasteiger charge is -2.27. The average Bonchev–Trinajstić information content (AvgIpc) is 2.68. The van der Waals surface area contributed by atoms with Crippen LogP contribution in [0.2, 0.25) is 0 Å². The molecule has 0 aliphatic carbocycles. The first-order valence-electron chi connectivity index (χ1n) is 9.62. The van der Waals surface area contributed by atoms with E-state index >= 15 is 0 Å². The van der Waals surface area contributed by atoms with E-state index in [1.165, 1.54) is 12.8 Å². The van der Waals surface area contributed by atoms with Gasteiger partial charge in [-0.1, -0.05) is 44.4 Å². The molecule has 1 aromatic carbocycles. The highest BCUT2D eigenvalue weighted by molar-refractivity contribution is 14.0. The molecule has 1 fully saturated rings. The first-order chi connectivity index (χ1) is 12.6. The summed E-state index contributed by atoms with van der Waals surface area (Å²) in [6.07, 6.45) is 6.44. The normalized spacial score (nSPS) is 15.9. The number of unbranched alkanes of at least 4 members (excludes halogenated alkanes) is 2. The fraction of sp³-hybridized carbons (Fsp3) is 0.632. The molecule has 0 spiro atoms. The Labute approximate surface area is 181 Å². The molecule has 8 heteroatoms. The standard InChI is InChI=1S/C19H32N4O2S.HI/c1-3-4-8-13-21-19(20-2)22-16-17-11-6-7-12-18(17)26(24,25)23-14-9-5-10-15-23;/h6-7,11-12H,3-5,8-10,13-16H2,1-2H3,(H2,20,21,22);1H. The first kappa shape index (κ1) is 24.2. The molecule has 0 amide bonds. The van der Waals surface area contributed by atoms with Gasteiger partial charge >= 0.3 is 0 Å². The molecule has 0 unspecified atom stereocenters. The number of halogens is 1. The molecule has 1 aliphatic heterocycles. The van der Waals surface area contributed by atoms with E-state index in [0.717, 1.165) is 37.8 Å². The van der Waals surface area contributed by atoms with Crippen LogP contribution in [0.1, 0.15) is 51.0 Å².